The third-order valence-electron chi connectivity index (χ3n) is 5.34. The van der Waals surface area contributed by atoms with Gasteiger partial charge in [-0.25, -0.2) is 0 Å². The first-order chi connectivity index (χ1) is 14.1. The molecule has 0 aliphatic carbocycles. The smallest absolute Gasteiger partial charge is 0.298 e. The number of anilines is 1. The summed E-state index contributed by atoms with van der Waals surface area (Å²) in [6.07, 6.45) is 7.19. The molecule has 3 heterocycles. The number of amides is 1. The monoisotopic (exact) mass is 397 g/mol. The molecule has 1 unspecified atom stereocenters. The van der Waals surface area contributed by atoms with Crippen molar-refractivity contribution in [2.45, 2.75) is 25.7 Å². The second-order valence-electron chi connectivity index (χ2n) is 7.61. The van der Waals surface area contributed by atoms with Gasteiger partial charge in [0.15, 0.2) is 5.58 Å². The average molecular weight is 397 g/mol. The molecule has 2 aromatic heterocycles. The Labute approximate surface area is 169 Å². The first-order valence-corrected chi connectivity index (χ1v) is 10.0. The highest BCUT2D eigenvalue weighted by molar-refractivity contribution is 5.77. The van der Waals surface area contributed by atoms with Crippen molar-refractivity contribution < 1.29 is 13.9 Å². The highest BCUT2D eigenvalue weighted by Crippen LogP contribution is 2.29. The standard InChI is InChI=1S/C21H27N5O3/c1-25-13-16(12-23-25)7-8-22-20(27)10-15-4-3-9-26(14-15)21-24-18-11-17(28-2)5-6-19(18)29-21/h5-6,11-13,15H,3-4,7-10,14H2,1-2H3,(H,22,27). The van der Waals surface area contributed by atoms with E-state index in [4.69, 9.17) is 9.15 Å². The number of hydrogen-bond acceptors (Lipinski definition) is 6. The van der Waals surface area contributed by atoms with Crippen LogP contribution in [0.2, 0.25) is 0 Å². The average Bonchev–Trinajstić information content (AvgIpc) is 3.33. The van der Waals surface area contributed by atoms with Crippen molar-refractivity contribution in [3.63, 3.8) is 0 Å². The molecule has 1 atom stereocenters. The Kier molecular flexibility index (Phi) is 5.69. The zero-order valence-corrected chi connectivity index (χ0v) is 16.9. The molecule has 154 valence electrons. The molecule has 8 heteroatoms. The predicted octanol–water partition coefficient (Wildman–Crippen LogP) is 2.54. The summed E-state index contributed by atoms with van der Waals surface area (Å²) < 4.78 is 13.0. The number of rotatable bonds is 7. The molecular weight excluding hydrogens is 370 g/mol. The maximum Gasteiger partial charge on any atom is 0.298 e. The number of aryl methyl sites for hydroxylation is 1. The predicted molar refractivity (Wildman–Crippen MR) is 110 cm³/mol. The molecule has 0 bridgehead atoms. The van der Waals surface area contributed by atoms with Crippen LogP contribution in [0.5, 0.6) is 5.75 Å². The number of aromatic nitrogens is 3. The van der Waals surface area contributed by atoms with Gasteiger partial charge in [-0.05, 0) is 42.9 Å². The number of fused-ring (bicyclic) bond motifs is 1. The minimum Gasteiger partial charge on any atom is -0.497 e. The number of nitrogens with one attached hydrogen (secondary N) is 1. The lowest BCUT2D eigenvalue weighted by Gasteiger charge is -2.31. The van der Waals surface area contributed by atoms with Crippen molar-refractivity contribution in [3.05, 3.63) is 36.2 Å². The largest absolute Gasteiger partial charge is 0.497 e. The molecule has 1 aromatic carbocycles. The Bertz CT molecular complexity index is 980. The maximum absolute atomic E-state index is 12.4. The Morgan fingerprint density at radius 3 is 3.10 bits per heavy atom. The highest BCUT2D eigenvalue weighted by Gasteiger charge is 2.25. The fourth-order valence-electron chi connectivity index (χ4n) is 3.84. The van der Waals surface area contributed by atoms with Crippen LogP contribution < -0.4 is 15.0 Å². The van der Waals surface area contributed by atoms with Crippen molar-refractivity contribution >= 4 is 23.0 Å². The molecule has 0 saturated carbocycles. The number of carbonyl (C=O) groups excluding carboxylic acids is 1. The van der Waals surface area contributed by atoms with Crippen LogP contribution in [0, 0.1) is 5.92 Å². The van der Waals surface area contributed by atoms with E-state index in [9.17, 15) is 4.79 Å². The van der Waals surface area contributed by atoms with Crippen LogP contribution in [-0.2, 0) is 18.3 Å². The van der Waals surface area contributed by atoms with E-state index in [2.05, 4.69) is 20.3 Å². The first kappa shape index (κ1) is 19.3. The molecule has 1 amide bonds. The summed E-state index contributed by atoms with van der Waals surface area (Å²) in [4.78, 5) is 19.1. The van der Waals surface area contributed by atoms with Crippen molar-refractivity contribution in [1.29, 1.82) is 0 Å². The van der Waals surface area contributed by atoms with Gasteiger partial charge in [-0.15, -0.1) is 0 Å². The van der Waals surface area contributed by atoms with E-state index in [0.29, 0.717) is 24.9 Å². The van der Waals surface area contributed by atoms with Crippen LogP contribution >= 0.6 is 0 Å². The van der Waals surface area contributed by atoms with Crippen LogP contribution in [0.15, 0.2) is 35.0 Å². The number of oxazole rings is 1. The van der Waals surface area contributed by atoms with Gasteiger partial charge in [0.2, 0.25) is 5.91 Å². The number of nitrogens with zero attached hydrogens (tertiary/aromatic N) is 4. The molecule has 1 N–H and O–H groups in total. The lowest BCUT2D eigenvalue weighted by atomic mass is 9.94. The lowest BCUT2D eigenvalue weighted by molar-refractivity contribution is -0.122. The summed E-state index contributed by atoms with van der Waals surface area (Å²) in [5, 5.41) is 7.18. The van der Waals surface area contributed by atoms with E-state index < -0.39 is 0 Å². The third-order valence-corrected chi connectivity index (χ3v) is 5.34. The molecule has 29 heavy (non-hydrogen) atoms. The van der Waals surface area contributed by atoms with Crippen LogP contribution in [0.1, 0.15) is 24.8 Å². The molecule has 1 aliphatic rings. The molecule has 3 aromatic rings. The number of benzene rings is 1. The van der Waals surface area contributed by atoms with Crippen molar-refractivity contribution in [1.82, 2.24) is 20.1 Å². The molecule has 1 aliphatic heterocycles. The number of methoxy groups -OCH3 is 1. The number of ether oxygens (including phenoxy) is 1. The Hall–Kier alpha value is -3.03. The van der Waals surface area contributed by atoms with Crippen LogP contribution in [0.25, 0.3) is 11.1 Å². The van der Waals surface area contributed by atoms with Gasteiger partial charge in [0.05, 0.1) is 13.3 Å². The van der Waals surface area contributed by atoms with E-state index >= 15 is 0 Å². The zero-order valence-electron chi connectivity index (χ0n) is 16.9. The molecule has 0 radical (unpaired) electrons. The summed E-state index contributed by atoms with van der Waals surface area (Å²) in [6.45, 7) is 2.30. The van der Waals surface area contributed by atoms with E-state index in [-0.39, 0.29) is 5.91 Å². The van der Waals surface area contributed by atoms with Gasteiger partial charge in [-0.2, -0.15) is 10.1 Å². The van der Waals surface area contributed by atoms with Crippen molar-refractivity contribution in [3.8, 4) is 5.75 Å². The quantitative estimate of drug-likeness (QED) is 0.659. The zero-order chi connectivity index (χ0) is 20.2. The van der Waals surface area contributed by atoms with Crippen molar-refractivity contribution in [2.75, 3.05) is 31.6 Å². The van der Waals surface area contributed by atoms with Gasteiger partial charge in [0.1, 0.15) is 11.3 Å². The minimum atomic E-state index is 0.100. The van der Waals surface area contributed by atoms with Gasteiger partial charge in [0, 0.05) is 45.4 Å². The Morgan fingerprint density at radius 2 is 2.31 bits per heavy atom. The number of carbonyl (C=O) groups is 1. The Morgan fingerprint density at radius 1 is 1.41 bits per heavy atom. The van der Waals surface area contributed by atoms with E-state index in [0.717, 1.165) is 54.8 Å². The highest BCUT2D eigenvalue weighted by atomic mass is 16.5. The number of piperidine rings is 1. The first-order valence-electron chi connectivity index (χ1n) is 10.0. The Balaban J connectivity index is 1.30. The summed E-state index contributed by atoms with van der Waals surface area (Å²) in [7, 11) is 3.53. The van der Waals surface area contributed by atoms with E-state index in [1.54, 1.807) is 11.8 Å². The fraction of sp³-hybridized carbons (Fsp3) is 0.476. The SMILES string of the molecule is COc1ccc2oc(N3CCCC(CC(=O)NCCc4cnn(C)c4)C3)nc2c1. The molecule has 0 spiro atoms. The van der Waals surface area contributed by atoms with Crippen LogP contribution in [-0.4, -0.2) is 47.4 Å². The van der Waals surface area contributed by atoms with Crippen LogP contribution in [0.3, 0.4) is 0 Å². The van der Waals surface area contributed by atoms with Crippen LogP contribution in [0.4, 0.5) is 6.01 Å². The van der Waals surface area contributed by atoms with E-state index in [1.165, 1.54) is 0 Å². The maximum atomic E-state index is 12.4. The minimum absolute atomic E-state index is 0.100. The molecule has 4 rings (SSSR count). The lowest BCUT2D eigenvalue weighted by Crippen LogP contribution is -2.38. The summed E-state index contributed by atoms with van der Waals surface area (Å²) in [6, 6.07) is 6.24. The summed E-state index contributed by atoms with van der Waals surface area (Å²) >= 11 is 0. The topological polar surface area (TPSA) is 85.4 Å². The third kappa shape index (κ3) is 4.70. The van der Waals surface area contributed by atoms with E-state index in [1.807, 2.05) is 37.6 Å². The van der Waals surface area contributed by atoms with Gasteiger partial charge >= 0.3 is 0 Å². The molecule has 1 saturated heterocycles. The second-order valence-corrected chi connectivity index (χ2v) is 7.61. The van der Waals surface area contributed by atoms with Crippen molar-refractivity contribution in [2.24, 2.45) is 13.0 Å². The molecule has 1 fully saturated rings. The van der Waals surface area contributed by atoms with Gasteiger partial charge < -0.3 is 19.4 Å². The molecular formula is C21H27N5O3. The summed E-state index contributed by atoms with van der Waals surface area (Å²) in [5.74, 6) is 1.16. The second kappa shape index (κ2) is 8.55. The fourth-order valence-corrected chi connectivity index (χ4v) is 3.84. The van der Waals surface area contributed by atoms with Gasteiger partial charge in [-0.3, -0.25) is 9.48 Å². The normalized spacial score (nSPS) is 16.9. The van der Waals surface area contributed by atoms with Gasteiger partial charge in [-0.1, -0.05) is 0 Å². The number of hydrogen-bond donors (Lipinski definition) is 1. The summed E-state index contributed by atoms with van der Waals surface area (Å²) in [5.41, 5.74) is 2.66. The van der Waals surface area contributed by atoms with Gasteiger partial charge in [0.25, 0.3) is 6.01 Å². The molecule has 8 nitrogen and oxygen atoms in total.